The Morgan fingerprint density at radius 3 is 3.04 bits per heavy atom. The summed E-state index contributed by atoms with van der Waals surface area (Å²) in [5, 5.41) is 5.78. The standard InChI is InChI=1S/C17H18ClN5/c1-22-17-11(9-20-22)8-12(16(18)21-17)10-23-7-6-14(19)13-4-2-3-5-15(13)23/h2-5,8-9,14H,6-7,10,19H2,1H3. The van der Waals surface area contributed by atoms with Crippen molar-refractivity contribution in [2.24, 2.45) is 12.8 Å². The van der Waals surface area contributed by atoms with E-state index in [1.54, 1.807) is 4.68 Å². The third kappa shape index (κ3) is 2.46. The molecule has 1 aliphatic heterocycles. The SMILES string of the molecule is Cn1ncc2cc(CN3CCC(N)c4ccccc43)c(Cl)nc21. The molecule has 118 valence electrons. The van der Waals surface area contributed by atoms with Gasteiger partial charge in [-0.05, 0) is 24.1 Å². The van der Waals surface area contributed by atoms with E-state index in [0.29, 0.717) is 5.15 Å². The molecule has 5 nitrogen and oxygen atoms in total. The predicted octanol–water partition coefficient (Wildman–Crippen LogP) is 3.03. The summed E-state index contributed by atoms with van der Waals surface area (Å²) in [6.45, 7) is 1.64. The topological polar surface area (TPSA) is 60.0 Å². The molecule has 0 saturated heterocycles. The van der Waals surface area contributed by atoms with Gasteiger partial charge in [0.05, 0.1) is 6.20 Å². The number of aromatic nitrogens is 3. The van der Waals surface area contributed by atoms with Crippen molar-refractivity contribution in [3.8, 4) is 0 Å². The Bertz CT molecular complexity index is 873. The summed E-state index contributed by atoms with van der Waals surface area (Å²) in [4.78, 5) is 6.81. The molecule has 6 heteroatoms. The van der Waals surface area contributed by atoms with Crippen LogP contribution in [-0.2, 0) is 13.6 Å². The Morgan fingerprint density at radius 2 is 2.17 bits per heavy atom. The fourth-order valence-corrected chi connectivity index (χ4v) is 3.43. The third-order valence-electron chi connectivity index (χ3n) is 4.48. The maximum Gasteiger partial charge on any atom is 0.159 e. The molecule has 0 aliphatic carbocycles. The lowest BCUT2D eigenvalue weighted by Crippen LogP contribution is -2.33. The van der Waals surface area contributed by atoms with Gasteiger partial charge in [0.2, 0.25) is 0 Å². The number of benzene rings is 1. The fourth-order valence-electron chi connectivity index (χ4n) is 3.24. The quantitative estimate of drug-likeness (QED) is 0.735. The number of halogens is 1. The first-order valence-electron chi connectivity index (χ1n) is 7.70. The second kappa shape index (κ2) is 5.51. The number of aryl methyl sites for hydroxylation is 1. The Kier molecular flexibility index (Phi) is 3.47. The van der Waals surface area contributed by atoms with Crippen LogP contribution in [0.5, 0.6) is 0 Å². The van der Waals surface area contributed by atoms with Crippen molar-refractivity contribution >= 4 is 28.3 Å². The highest BCUT2D eigenvalue weighted by Gasteiger charge is 2.23. The summed E-state index contributed by atoms with van der Waals surface area (Å²) < 4.78 is 1.74. The van der Waals surface area contributed by atoms with Gasteiger partial charge in [-0.1, -0.05) is 29.8 Å². The molecule has 1 aliphatic rings. The van der Waals surface area contributed by atoms with E-state index in [2.05, 4.69) is 33.2 Å². The van der Waals surface area contributed by atoms with Crippen LogP contribution >= 0.6 is 11.6 Å². The summed E-state index contributed by atoms with van der Waals surface area (Å²) >= 11 is 6.40. The molecule has 2 aromatic heterocycles. The van der Waals surface area contributed by atoms with E-state index in [1.165, 1.54) is 11.3 Å². The van der Waals surface area contributed by atoms with Crippen LogP contribution in [0.15, 0.2) is 36.5 Å². The number of rotatable bonds is 2. The number of pyridine rings is 1. The second-order valence-corrected chi connectivity index (χ2v) is 6.35. The predicted molar refractivity (Wildman–Crippen MR) is 92.6 cm³/mol. The van der Waals surface area contributed by atoms with Crippen molar-refractivity contribution in [2.75, 3.05) is 11.4 Å². The van der Waals surface area contributed by atoms with Crippen LogP contribution in [0.2, 0.25) is 5.15 Å². The molecule has 0 bridgehead atoms. The molecule has 0 saturated carbocycles. The van der Waals surface area contributed by atoms with Crippen LogP contribution in [-0.4, -0.2) is 21.3 Å². The molecule has 1 atom stereocenters. The Labute approximate surface area is 139 Å². The normalized spacial score (nSPS) is 17.5. The average Bonchev–Trinajstić information content (AvgIpc) is 2.91. The zero-order chi connectivity index (χ0) is 16.0. The zero-order valence-corrected chi connectivity index (χ0v) is 13.7. The molecule has 0 spiro atoms. The molecule has 3 aromatic rings. The van der Waals surface area contributed by atoms with E-state index in [1.807, 2.05) is 25.4 Å². The molecular weight excluding hydrogens is 310 g/mol. The first kappa shape index (κ1) is 14.5. The van der Waals surface area contributed by atoms with E-state index in [0.717, 1.165) is 36.1 Å². The number of para-hydroxylation sites is 1. The van der Waals surface area contributed by atoms with Gasteiger partial charge in [0.25, 0.3) is 0 Å². The van der Waals surface area contributed by atoms with Crippen molar-refractivity contribution in [2.45, 2.75) is 19.0 Å². The highest BCUT2D eigenvalue weighted by Crippen LogP contribution is 2.34. The second-order valence-electron chi connectivity index (χ2n) is 5.99. The minimum Gasteiger partial charge on any atom is -0.367 e. The van der Waals surface area contributed by atoms with Gasteiger partial charge in [-0.15, -0.1) is 0 Å². The van der Waals surface area contributed by atoms with Gasteiger partial charge >= 0.3 is 0 Å². The number of hydrogen-bond donors (Lipinski definition) is 1. The number of fused-ring (bicyclic) bond motifs is 2. The first-order chi connectivity index (χ1) is 11.1. The Morgan fingerprint density at radius 1 is 1.35 bits per heavy atom. The molecule has 1 aromatic carbocycles. The van der Waals surface area contributed by atoms with Crippen LogP contribution in [0.4, 0.5) is 5.69 Å². The highest BCUT2D eigenvalue weighted by atomic mass is 35.5. The summed E-state index contributed by atoms with van der Waals surface area (Å²) in [7, 11) is 1.87. The van der Waals surface area contributed by atoms with Gasteiger partial charge < -0.3 is 10.6 Å². The monoisotopic (exact) mass is 327 g/mol. The minimum absolute atomic E-state index is 0.108. The summed E-state index contributed by atoms with van der Waals surface area (Å²) in [6, 6.07) is 10.5. The van der Waals surface area contributed by atoms with Crippen molar-refractivity contribution in [3.05, 3.63) is 52.8 Å². The first-order valence-corrected chi connectivity index (χ1v) is 8.08. The molecule has 0 amide bonds. The van der Waals surface area contributed by atoms with Gasteiger partial charge in [0, 0.05) is 42.8 Å². The smallest absolute Gasteiger partial charge is 0.159 e. The molecule has 0 radical (unpaired) electrons. The highest BCUT2D eigenvalue weighted by molar-refractivity contribution is 6.30. The maximum atomic E-state index is 6.40. The molecule has 3 heterocycles. The van der Waals surface area contributed by atoms with E-state index in [9.17, 15) is 0 Å². The van der Waals surface area contributed by atoms with E-state index >= 15 is 0 Å². The van der Waals surface area contributed by atoms with Crippen molar-refractivity contribution < 1.29 is 0 Å². The summed E-state index contributed by atoms with van der Waals surface area (Å²) in [6.07, 6.45) is 2.76. The lowest BCUT2D eigenvalue weighted by atomic mass is 9.97. The summed E-state index contributed by atoms with van der Waals surface area (Å²) in [5.74, 6) is 0. The lowest BCUT2D eigenvalue weighted by Gasteiger charge is -2.34. The van der Waals surface area contributed by atoms with E-state index in [4.69, 9.17) is 17.3 Å². The lowest BCUT2D eigenvalue weighted by molar-refractivity contribution is 0.590. The van der Waals surface area contributed by atoms with Crippen LogP contribution in [0.3, 0.4) is 0 Å². The van der Waals surface area contributed by atoms with Gasteiger partial charge in [0.1, 0.15) is 5.15 Å². The maximum absolute atomic E-state index is 6.40. The largest absolute Gasteiger partial charge is 0.367 e. The molecule has 4 rings (SSSR count). The van der Waals surface area contributed by atoms with Gasteiger partial charge in [-0.3, -0.25) is 4.68 Å². The van der Waals surface area contributed by atoms with Crippen LogP contribution < -0.4 is 10.6 Å². The minimum atomic E-state index is 0.108. The number of nitrogens with two attached hydrogens (primary N) is 1. The molecule has 0 fully saturated rings. The van der Waals surface area contributed by atoms with Gasteiger partial charge in [0.15, 0.2) is 5.65 Å². The average molecular weight is 328 g/mol. The van der Waals surface area contributed by atoms with Gasteiger partial charge in [-0.2, -0.15) is 5.10 Å². The van der Waals surface area contributed by atoms with Crippen LogP contribution in [0.1, 0.15) is 23.6 Å². The van der Waals surface area contributed by atoms with Crippen molar-refractivity contribution in [3.63, 3.8) is 0 Å². The molecule has 1 unspecified atom stereocenters. The van der Waals surface area contributed by atoms with Gasteiger partial charge in [-0.25, -0.2) is 4.98 Å². The summed E-state index contributed by atoms with van der Waals surface area (Å²) in [5.41, 5.74) is 10.4. The Hall–Kier alpha value is -2.11. The molecule has 23 heavy (non-hydrogen) atoms. The van der Waals surface area contributed by atoms with E-state index in [-0.39, 0.29) is 6.04 Å². The molecule has 2 N–H and O–H groups in total. The zero-order valence-electron chi connectivity index (χ0n) is 12.9. The Balaban J connectivity index is 1.71. The fraction of sp³-hybridized carbons (Fsp3) is 0.294. The van der Waals surface area contributed by atoms with Crippen LogP contribution in [0.25, 0.3) is 11.0 Å². The number of hydrogen-bond acceptors (Lipinski definition) is 4. The third-order valence-corrected chi connectivity index (χ3v) is 4.81. The van der Waals surface area contributed by atoms with E-state index < -0.39 is 0 Å². The van der Waals surface area contributed by atoms with Crippen LogP contribution in [0, 0.1) is 0 Å². The number of nitrogens with zero attached hydrogens (tertiary/aromatic N) is 4. The molecular formula is C17H18ClN5. The van der Waals surface area contributed by atoms with Crippen molar-refractivity contribution in [1.29, 1.82) is 0 Å². The number of anilines is 1. The van der Waals surface area contributed by atoms with Crippen molar-refractivity contribution in [1.82, 2.24) is 14.8 Å².